The van der Waals surface area contributed by atoms with Crippen molar-refractivity contribution >= 4 is 29.1 Å². The molecule has 26 heavy (non-hydrogen) atoms. The molecule has 2 N–H and O–H groups in total. The van der Waals surface area contributed by atoms with Gasteiger partial charge in [0.05, 0.1) is 11.2 Å². The summed E-state index contributed by atoms with van der Waals surface area (Å²) in [5, 5.41) is 10.1. The van der Waals surface area contributed by atoms with E-state index in [1.54, 1.807) is 63.5 Å². The van der Waals surface area contributed by atoms with E-state index in [0.29, 0.717) is 16.5 Å². The molecule has 0 aliphatic rings. The second kappa shape index (κ2) is 8.68. The molecule has 9 heteroatoms. The van der Waals surface area contributed by atoms with Crippen LogP contribution in [0, 0.1) is 0 Å². The predicted octanol–water partition coefficient (Wildman–Crippen LogP) is 1.44. The summed E-state index contributed by atoms with van der Waals surface area (Å²) >= 11 is 6.18. The Balaban J connectivity index is 2.04. The number of amides is 2. The number of rotatable bonds is 7. The molecule has 1 heterocycles. The Kier molecular flexibility index (Phi) is 6.59. The van der Waals surface area contributed by atoms with Crippen molar-refractivity contribution in [3.8, 4) is 5.75 Å². The molecule has 0 aliphatic heterocycles. The molecule has 1 aromatic carbocycles. The number of hydrogen-bond donors (Lipinski definition) is 2. The van der Waals surface area contributed by atoms with E-state index in [4.69, 9.17) is 16.3 Å². The Morgan fingerprint density at radius 3 is 2.65 bits per heavy atom. The van der Waals surface area contributed by atoms with Crippen LogP contribution in [-0.2, 0) is 16.6 Å². The van der Waals surface area contributed by atoms with Crippen LogP contribution in [-0.4, -0.2) is 54.2 Å². The van der Waals surface area contributed by atoms with Crippen LogP contribution in [0.5, 0.6) is 5.75 Å². The molecule has 2 amide bonds. The normalized spacial score (nSPS) is 11.7. The molecular formula is C17H22ClN5O3. The summed E-state index contributed by atoms with van der Waals surface area (Å²) in [6, 6.07) is 4.30. The third-order valence-electron chi connectivity index (χ3n) is 3.66. The molecular weight excluding hydrogens is 358 g/mol. The van der Waals surface area contributed by atoms with E-state index in [-0.39, 0.29) is 18.4 Å². The minimum Gasteiger partial charge on any atom is -0.482 e. The van der Waals surface area contributed by atoms with Crippen LogP contribution in [0.1, 0.15) is 11.6 Å². The number of anilines is 1. The number of aromatic nitrogens is 2. The molecule has 2 rings (SSSR count). The number of carbonyl (C=O) groups excluding carboxylic acids is 2. The van der Waals surface area contributed by atoms with Gasteiger partial charge in [0, 0.05) is 38.6 Å². The zero-order valence-corrected chi connectivity index (χ0v) is 15.9. The largest absolute Gasteiger partial charge is 0.482 e. The van der Waals surface area contributed by atoms with Crippen LogP contribution >= 0.6 is 11.6 Å². The topological polar surface area (TPSA) is 88.5 Å². The van der Waals surface area contributed by atoms with Crippen molar-refractivity contribution in [2.75, 3.05) is 33.1 Å². The van der Waals surface area contributed by atoms with Gasteiger partial charge in [-0.25, -0.2) is 0 Å². The lowest BCUT2D eigenvalue weighted by atomic mass is 10.1. The van der Waals surface area contributed by atoms with Crippen LogP contribution < -0.4 is 15.4 Å². The SMILES string of the molecule is CNC(C(=O)Nc1ccc(OCC(=O)N(C)C)c(Cl)c1)c1cnn(C)c1. The number of ether oxygens (including phenoxy) is 1. The number of nitrogens with zero attached hydrogens (tertiary/aromatic N) is 3. The number of halogens is 1. The number of carbonyl (C=O) groups is 2. The maximum Gasteiger partial charge on any atom is 0.259 e. The fourth-order valence-corrected chi connectivity index (χ4v) is 2.45. The summed E-state index contributed by atoms with van der Waals surface area (Å²) < 4.78 is 7.03. The van der Waals surface area contributed by atoms with Crippen LogP contribution in [0.3, 0.4) is 0 Å². The molecule has 1 unspecified atom stereocenters. The summed E-state index contributed by atoms with van der Waals surface area (Å²) in [7, 11) is 6.77. The van der Waals surface area contributed by atoms with Crippen molar-refractivity contribution in [1.82, 2.24) is 20.0 Å². The number of aryl methyl sites for hydroxylation is 1. The van der Waals surface area contributed by atoms with Gasteiger partial charge in [-0.15, -0.1) is 0 Å². The summed E-state index contributed by atoms with van der Waals surface area (Å²) in [6.45, 7) is -0.110. The first kappa shape index (κ1) is 19.7. The van der Waals surface area contributed by atoms with E-state index >= 15 is 0 Å². The molecule has 0 saturated heterocycles. The Hall–Kier alpha value is -2.58. The predicted molar refractivity (Wildman–Crippen MR) is 99.3 cm³/mol. The second-order valence-electron chi connectivity index (χ2n) is 5.88. The average molecular weight is 380 g/mol. The lowest BCUT2D eigenvalue weighted by molar-refractivity contribution is -0.130. The smallest absolute Gasteiger partial charge is 0.259 e. The molecule has 0 radical (unpaired) electrons. The van der Waals surface area contributed by atoms with Crippen LogP contribution in [0.25, 0.3) is 0 Å². The lowest BCUT2D eigenvalue weighted by Crippen LogP contribution is -2.30. The van der Waals surface area contributed by atoms with Crippen molar-refractivity contribution in [2.45, 2.75) is 6.04 Å². The van der Waals surface area contributed by atoms with Gasteiger partial charge in [-0.3, -0.25) is 14.3 Å². The van der Waals surface area contributed by atoms with Gasteiger partial charge >= 0.3 is 0 Å². The summed E-state index contributed by atoms with van der Waals surface area (Å²) in [4.78, 5) is 25.5. The molecule has 140 valence electrons. The summed E-state index contributed by atoms with van der Waals surface area (Å²) in [6.07, 6.45) is 3.40. The maximum atomic E-state index is 12.5. The third kappa shape index (κ3) is 4.96. The molecule has 0 saturated carbocycles. The van der Waals surface area contributed by atoms with Crippen LogP contribution in [0.4, 0.5) is 5.69 Å². The number of likely N-dealkylation sites (N-methyl/N-ethyl adjacent to an activating group) is 2. The second-order valence-corrected chi connectivity index (χ2v) is 6.29. The van der Waals surface area contributed by atoms with Gasteiger partial charge < -0.3 is 20.3 Å². The maximum absolute atomic E-state index is 12.5. The lowest BCUT2D eigenvalue weighted by Gasteiger charge is -2.16. The Morgan fingerprint density at radius 2 is 2.12 bits per heavy atom. The molecule has 0 fully saturated rings. The van der Waals surface area contributed by atoms with Crippen LogP contribution in [0.15, 0.2) is 30.6 Å². The zero-order chi connectivity index (χ0) is 19.3. The fourth-order valence-electron chi connectivity index (χ4n) is 2.22. The van der Waals surface area contributed by atoms with Crippen LogP contribution in [0.2, 0.25) is 5.02 Å². The Bertz CT molecular complexity index is 790. The molecule has 0 spiro atoms. The van der Waals surface area contributed by atoms with Crippen molar-refractivity contribution in [2.24, 2.45) is 7.05 Å². The van der Waals surface area contributed by atoms with Gasteiger partial charge in [0.2, 0.25) is 5.91 Å². The molecule has 0 aliphatic carbocycles. The highest BCUT2D eigenvalue weighted by molar-refractivity contribution is 6.32. The summed E-state index contributed by atoms with van der Waals surface area (Å²) in [5.41, 5.74) is 1.27. The molecule has 0 bridgehead atoms. The summed E-state index contributed by atoms with van der Waals surface area (Å²) in [5.74, 6) is -0.0444. The first-order chi connectivity index (χ1) is 12.3. The van der Waals surface area contributed by atoms with Crippen molar-refractivity contribution < 1.29 is 14.3 Å². The van der Waals surface area contributed by atoms with E-state index < -0.39 is 6.04 Å². The van der Waals surface area contributed by atoms with Gasteiger partial charge in [-0.05, 0) is 25.2 Å². The Morgan fingerprint density at radius 1 is 1.38 bits per heavy atom. The molecule has 8 nitrogen and oxygen atoms in total. The Labute approximate surface area is 157 Å². The van der Waals surface area contributed by atoms with Gasteiger partial charge in [0.25, 0.3) is 5.91 Å². The first-order valence-electron chi connectivity index (χ1n) is 7.91. The highest BCUT2D eigenvalue weighted by Crippen LogP contribution is 2.28. The number of benzene rings is 1. The van der Waals surface area contributed by atoms with Gasteiger partial charge in [0.15, 0.2) is 6.61 Å². The van der Waals surface area contributed by atoms with E-state index in [9.17, 15) is 9.59 Å². The first-order valence-corrected chi connectivity index (χ1v) is 8.28. The molecule has 2 aromatic rings. The van der Waals surface area contributed by atoms with E-state index in [0.717, 1.165) is 5.56 Å². The zero-order valence-electron chi connectivity index (χ0n) is 15.1. The highest BCUT2D eigenvalue weighted by Gasteiger charge is 2.20. The standard InChI is InChI=1S/C17H22ClN5O3/c1-19-16(11-8-20-23(4)9-11)17(25)21-12-5-6-14(13(18)7-12)26-10-15(24)22(2)3/h5-9,16,19H,10H2,1-4H3,(H,21,25). The van der Waals surface area contributed by atoms with Gasteiger partial charge in [-0.2, -0.15) is 5.10 Å². The van der Waals surface area contributed by atoms with Crippen molar-refractivity contribution in [3.63, 3.8) is 0 Å². The number of nitrogens with one attached hydrogen (secondary N) is 2. The quantitative estimate of drug-likeness (QED) is 0.760. The van der Waals surface area contributed by atoms with E-state index in [1.807, 2.05) is 0 Å². The third-order valence-corrected chi connectivity index (χ3v) is 3.95. The molecule has 1 atom stereocenters. The fraction of sp³-hybridized carbons (Fsp3) is 0.353. The minimum absolute atomic E-state index is 0.110. The van der Waals surface area contributed by atoms with Gasteiger partial charge in [0.1, 0.15) is 11.8 Å². The number of hydrogen-bond acceptors (Lipinski definition) is 5. The average Bonchev–Trinajstić information content (AvgIpc) is 3.00. The monoisotopic (exact) mass is 379 g/mol. The van der Waals surface area contributed by atoms with E-state index in [1.165, 1.54) is 4.90 Å². The van der Waals surface area contributed by atoms with E-state index in [2.05, 4.69) is 15.7 Å². The minimum atomic E-state index is -0.545. The molecule has 1 aromatic heterocycles. The highest BCUT2D eigenvalue weighted by atomic mass is 35.5. The van der Waals surface area contributed by atoms with Gasteiger partial charge in [-0.1, -0.05) is 11.6 Å². The van der Waals surface area contributed by atoms with Crippen molar-refractivity contribution in [1.29, 1.82) is 0 Å². The van der Waals surface area contributed by atoms with Crippen molar-refractivity contribution in [3.05, 3.63) is 41.2 Å².